The molecule has 124 valence electrons. The molecule has 6 heteroatoms. The molecule has 0 unspecified atom stereocenters. The first-order chi connectivity index (χ1) is 11.7. The molecule has 0 aromatic carbocycles. The van der Waals surface area contributed by atoms with Gasteiger partial charge in [-0.1, -0.05) is 29.6 Å². The molecule has 0 saturated heterocycles. The zero-order chi connectivity index (χ0) is 16.3. The summed E-state index contributed by atoms with van der Waals surface area (Å²) in [5.74, 6) is 1.53. The molecule has 0 atom stereocenters. The van der Waals surface area contributed by atoms with E-state index in [0.29, 0.717) is 17.1 Å². The van der Waals surface area contributed by atoms with Crippen LogP contribution in [0.1, 0.15) is 61.9 Å². The Bertz CT molecular complexity index is 919. The Kier molecular flexibility index (Phi) is 3.20. The molecule has 5 rings (SSSR count). The maximum atomic E-state index is 6.46. The maximum Gasteiger partial charge on any atom is 0.146 e. The van der Waals surface area contributed by atoms with Crippen LogP contribution in [0, 0.1) is 6.92 Å². The van der Waals surface area contributed by atoms with Crippen molar-refractivity contribution in [2.24, 2.45) is 0 Å². The monoisotopic (exact) mass is 342 g/mol. The molecular formula is C18H19ClN4O. The topological polar surface area (TPSA) is 56.7 Å². The van der Waals surface area contributed by atoms with Crippen molar-refractivity contribution in [3.63, 3.8) is 0 Å². The molecule has 3 heterocycles. The Labute approximate surface area is 145 Å². The van der Waals surface area contributed by atoms with Crippen LogP contribution >= 0.6 is 11.6 Å². The highest BCUT2D eigenvalue weighted by Crippen LogP contribution is 2.44. The summed E-state index contributed by atoms with van der Waals surface area (Å²) in [6.45, 7) is 2.14. The third kappa shape index (κ3) is 2.10. The summed E-state index contributed by atoms with van der Waals surface area (Å²) in [6.07, 6.45) is 8.87. The Hall–Kier alpha value is -1.88. The third-order valence-electron chi connectivity index (χ3n) is 5.44. The van der Waals surface area contributed by atoms with E-state index in [9.17, 15) is 0 Å². The fourth-order valence-corrected chi connectivity index (χ4v) is 4.33. The van der Waals surface area contributed by atoms with Crippen molar-refractivity contribution in [1.82, 2.24) is 19.7 Å². The molecule has 2 aliphatic carbocycles. The minimum Gasteiger partial charge on any atom is -0.360 e. The van der Waals surface area contributed by atoms with Crippen molar-refractivity contribution in [1.29, 1.82) is 0 Å². The summed E-state index contributed by atoms with van der Waals surface area (Å²) in [4.78, 5) is 8.77. The SMILES string of the molecule is Cc1c(-c2cc(C3CC3)on2)c2c(Cl)ncnc2n1C1CCCC1. The van der Waals surface area contributed by atoms with Gasteiger partial charge in [0.1, 0.15) is 28.6 Å². The van der Waals surface area contributed by atoms with Gasteiger partial charge in [0, 0.05) is 29.3 Å². The predicted molar refractivity (Wildman–Crippen MR) is 92.3 cm³/mol. The first-order valence-corrected chi connectivity index (χ1v) is 9.10. The van der Waals surface area contributed by atoms with E-state index in [1.807, 2.05) is 0 Å². The minimum atomic E-state index is 0.488. The summed E-state index contributed by atoms with van der Waals surface area (Å²) in [7, 11) is 0. The Morgan fingerprint density at radius 3 is 2.71 bits per heavy atom. The second-order valence-corrected chi connectivity index (χ2v) is 7.38. The molecule has 3 aromatic rings. The normalized spacial score (nSPS) is 18.8. The van der Waals surface area contributed by atoms with Crippen LogP contribution in [0.25, 0.3) is 22.3 Å². The molecule has 0 bridgehead atoms. The highest BCUT2D eigenvalue weighted by molar-refractivity contribution is 6.35. The lowest BCUT2D eigenvalue weighted by Crippen LogP contribution is -2.07. The van der Waals surface area contributed by atoms with Crippen molar-refractivity contribution < 1.29 is 4.52 Å². The van der Waals surface area contributed by atoms with E-state index in [1.54, 1.807) is 6.33 Å². The van der Waals surface area contributed by atoms with E-state index in [2.05, 4.69) is 32.7 Å². The van der Waals surface area contributed by atoms with E-state index in [4.69, 9.17) is 16.1 Å². The maximum absolute atomic E-state index is 6.46. The highest BCUT2D eigenvalue weighted by atomic mass is 35.5. The molecule has 2 saturated carbocycles. The van der Waals surface area contributed by atoms with Gasteiger partial charge in [0.25, 0.3) is 0 Å². The van der Waals surface area contributed by atoms with Gasteiger partial charge in [0.15, 0.2) is 0 Å². The van der Waals surface area contributed by atoms with Crippen molar-refractivity contribution in [3.05, 3.63) is 29.0 Å². The lowest BCUT2D eigenvalue weighted by atomic mass is 10.1. The molecule has 0 N–H and O–H groups in total. The van der Waals surface area contributed by atoms with Crippen LogP contribution in [0.2, 0.25) is 5.15 Å². The molecule has 24 heavy (non-hydrogen) atoms. The van der Waals surface area contributed by atoms with Gasteiger partial charge in [-0.25, -0.2) is 9.97 Å². The van der Waals surface area contributed by atoms with Crippen LogP contribution in [0.4, 0.5) is 0 Å². The quantitative estimate of drug-likeness (QED) is 0.625. The molecule has 0 amide bonds. The van der Waals surface area contributed by atoms with E-state index < -0.39 is 0 Å². The Morgan fingerprint density at radius 1 is 1.17 bits per heavy atom. The second kappa shape index (κ2) is 5.31. The summed E-state index contributed by atoms with van der Waals surface area (Å²) in [5, 5.41) is 5.73. The molecular weight excluding hydrogens is 324 g/mol. The van der Waals surface area contributed by atoms with Crippen molar-refractivity contribution >= 4 is 22.6 Å². The number of hydrogen-bond donors (Lipinski definition) is 0. The fourth-order valence-electron chi connectivity index (χ4n) is 4.10. The van der Waals surface area contributed by atoms with Gasteiger partial charge in [0.2, 0.25) is 0 Å². The Morgan fingerprint density at radius 2 is 1.96 bits per heavy atom. The molecule has 0 aliphatic heterocycles. The molecule has 0 spiro atoms. The number of hydrogen-bond acceptors (Lipinski definition) is 4. The molecule has 0 radical (unpaired) electrons. The average molecular weight is 343 g/mol. The van der Waals surface area contributed by atoms with Gasteiger partial charge in [-0.3, -0.25) is 0 Å². The van der Waals surface area contributed by atoms with Gasteiger partial charge in [0.05, 0.1) is 5.39 Å². The third-order valence-corrected chi connectivity index (χ3v) is 5.72. The fraction of sp³-hybridized carbons (Fsp3) is 0.500. The van der Waals surface area contributed by atoms with Crippen molar-refractivity contribution in [3.8, 4) is 11.3 Å². The molecule has 5 nitrogen and oxygen atoms in total. The van der Waals surface area contributed by atoms with Gasteiger partial charge >= 0.3 is 0 Å². The standard InChI is InChI=1S/C18H19ClN4O/c1-10-15(13-8-14(24-22-13)11-6-7-11)16-17(19)20-9-21-18(16)23(10)12-4-2-3-5-12/h8-9,11-12H,2-7H2,1H3. The second-order valence-electron chi connectivity index (χ2n) is 7.02. The first-order valence-electron chi connectivity index (χ1n) is 8.72. The lowest BCUT2D eigenvalue weighted by molar-refractivity contribution is 0.386. The van der Waals surface area contributed by atoms with E-state index in [1.165, 1.54) is 38.5 Å². The molecule has 3 aromatic heterocycles. The van der Waals surface area contributed by atoms with Crippen LogP contribution in [-0.2, 0) is 0 Å². The van der Waals surface area contributed by atoms with Crippen LogP contribution in [-0.4, -0.2) is 19.7 Å². The van der Waals surface area contributed by atoms with Gasteiger partial charge in [-0.2, -0.15) is 0 Å². The summed E-state index contributed by atoms with van der Waals surface area (Å²) in [5.41, 5.74) is 3.96. The van der Waals surface area contributed by atoms with Gasteiger partial charge < -0.3 is 9.09 Å². The first kappa shape index (κ1) is 14.5. The van der Waals surface area contributed by atoms with Crippen LogP contribution < -0.4 is 0 Å². The number of nitrogens with zero attached hydrogens (tertiary/aromatic N) is 4. The van der Waals surface area contributed by atoms with Crippen molar-refractivity contribution in [2.75, 3.05) is 0 Å². The highest BCUT2D eigenvalue weighted by Gasteiger charge is 2.31. The lowest BCUT2D eigenvalue weighted by Gasteiger charge is -2.15. The van der Waals surface area contributed by atoms with Crippen LogP contribution in [0.5, 0.6) is 0 Å². The smallest absolute Gasteiger partial charge is 0.146 e. The largest absolute Gasteiger partial charge is 0.360 e. The summed E-state index contributed by atoms with van der Waals surface area (Å²) >= 11 is 6.46. The number of halogens is 1. The van der Waals surface area contributed by atoms with E-state index in [-0.39, 0.29) is 0 Å². The van der Waals surface area contributed by atoms with Crippen LogP contribution in [0.15, 0.2) is 16.9 Å². The molecule has 2 aliphatic rings. The van der Waals surface area contributed by atoms with Gasteiger partial charge in [-0.05, 0) is 32.6 Å². The zero-order valence-electron chi connectivity index (χ0n) is 13.6. The average Bonchev–Trinajstić information content (AvgIpc) is 2.98. The van der Waals surface area contributed by atoms with E-state index in [0.717, 1.165) is 33.7 Å². The predicted octanol–water partition coefficient (Wildman–Crippen LogP) is 5.04. The summed E-state index contributed by atoms with van der Waals surface area (Å²) in [6, 6.07) is 2.56. The number of fused-ring (bicyclic) bond motifs is 1. The minimum absolute atomic E-state index is 0.488. The van der Waals surface area contributed by atoms with Crippen LogP contribution in [0.3, 0.4) is 0 Å². The summed E-state index contributed by atoms with van der Waals surface area (Å²) < 4.78 is 7.92. The number of aromatic nitrogens is 4. The Balaban J connectivity index is 1.75. The molecule has 2 fully saturated rings. The van der Waals surface area contributed by atoms with Crippen molar-refractivity contribution in [2.45, 2.75) is 57.4 Å². The van der Waals surface area contributed by atoms with E-state index >= 15 is 0 Å². The zero-order valence-corrected chi connectivity index (χ0v) is 14.4. The van der Waals surface area contributed by atoms with Gasteiger partial charge in [-0.15, -0.1) is 0 Å². The number of rotatable bonds is 3.